The Balaban J connectivity index is 2.51. The standard InChI is InChI=1S/C26H32O5/c1-16(2)30-24-18(4)23(25(28)31-26(5,6)7)17(3)15-19(24)13-14-21(27)20-11-9-10-12-22(20)29-8/h9-16H,1-8H3/b14-13+. The molecule has 0 heterocycles. The highest BCUT2D eigenvalue weighted by Gasteiger charge is 2.24. The topological polar surface area (TPSA) is 61.8 Å². The molecule has 0 spiro atoms. The number of aryl methyl sites for hydroxylation is 1. The smallest absolute Gasteiger partial charge is 0.339 e. The van der Waals surface area contributed by atoms with E-state index >= 15 is 0 Å². The highest BCUT2D eigenvalue weighted by atomic mass is 16.6. The third-order valence-corrected chi connectivity index (χ3v) is 4.49. The molecule has 0 amide bonds. The van der Waals surface area contributed by atoms with E-state index in [1.54, 1.807) is 24.3 Å². The van der Waals surface area contributed by atoms with Crippen LogP contribution >= 0.6 is 0 Å². The molecule has 0 radical (unpaired) electrons. The summed E-state index contributed by atoms with van der Waals surface area (Å²) in [6, 6.07) is 8.92. The summed E-state index contributed by atoms with van der Waals surface area (Å²) in [5.74, 6) is 0.505. The van der Waals surface area contributed by atoms with Crippen LogP contribution in [-0.4, -0.2) is 30.6 Å². The fourth-order valence-electron chi connectivity index (χ4n) is 3.26. The van der Waals surface area contributed by atoms with Crippen molar-refractivity contribution in [2.75, 3.05) is 7.11 Å². The van der Waals surface area contributed by atoms with Crippen LogP contribution in [-0.2, 0) is 4.74 Å². The zero-order valence-corrected chi connectivity index (χ0v) is 19.7. The SMILES string of the molecule is COc1ccccc1C(=O)/C=C/c1cc(C)c(C(=O)OC(C)(C)C)c(C)c1OC(C)C. The van der Waals surface area contributed by atoms with Crippen molar-refractivity contribution in [3.63, 3.8) is 0 Å². The molecule has 0 aliphatic heterocycles. The lowest BCUT2D eigenvalue weighted by molar-refractivity contribution is 0.00671. The average Bonchev–Trinajstić information content (AvgIpc) is 2.66. The Morgan fingerprint density at radius 2 is 1.71 bits per heavy atom. The number of rotatable bonds is 7. The van der Waals surface area contributed by atoms with Crippen LogP contribution in [0.15, 0.2) is 36.4 Å². The minimum atomic E-state index is -0.602. The number of benzene rings is 2. The lowest BCUT2D eigenvalue weighted by atomic mass is 9.96. The van der Waals surface area contributed by atoms with Crippen molar-refractivity contribution in [1.29, 1.82) is 0 Å². The number of carbonyl (C=O) groups excluding carboxylic acids is 2. The average molecular weight is 425 g/mol. The Hall–Kier alpha value is -3.08. The van der Waals surface area contributed by atoms with Gasteiger partial charge in [-0.3, -0.25) is 4.79 Å². The summed E-state index contributed by atoms with van der Waals surface area (Å²) in [5.41, 5.74) is 2.53. The molecule has 0 bridgehead atoms. The zero-order valence-electron chi connectivity index (χ0n) is 19.7. The molecule has 31 heavy (non-hydrogen) atoms. The van der Waals surface area contributed by atoms with Crippen LogP contribution in [0.5, 0.6) is 11.5 Å². The van der Waals surface area contributed by atoms with Crippen LogP contribution < -0.4 is 9.47 Å². The van der Waals surface area contributed by atoms with Crippen molar-refractivity contribution >= 4 is 17.8 Å². The molecule has 0 saturated heterocycles. The molecule has 0 atom stereocenters. The van der Waals surface area contributed by atoms with E-state index in [4.69, 9.17) is 14.2 Å². The minimum absolute atomic E-state index is 0.107. The normalized spacial score (nSPS) is 11.6. The highest BCUT2D eigenvalue weighted by molar-refractivity contribution is 6.09. The maximum absolute atomic E-state index is 12.8. The minimum Gasteiger partial charge on any atom is -0.496 e. The predicted molar refractivity (Wildman–Crippen MR) is 123 cm³/mol. The van der Waals surface area contributed by atoms with Gasteiger partial charge in [-0.1, -0.05) is 12.1 Å². The van der Waals surface area contributed by atoms with Gasteiger partial charge in [0.05, 0.1) is 24.3 Å². The third-order valence-electron chi connectivity index (χ3n) is 4.49. The van der Waals surface area contributed by atoms with Crippen LogP contribution in [0.3, 0.4) is 0 Å². The van der Waals surface area contributed by atoms with Crippen molar-refractivity contribution in [2.45, 2.75) is 60.2 Å². The summed E-state index contributed by atoms with van der Waals surface area (Å²) >= 11 is 0. The number of ketones is 1. The number of ether oxygens (including phenoxy) is 3. The molecule has 2 rings (SSSR count). The number of para-hydroxylation sites is 1. The number of hydrogen-bond acceptors (Lipinski definition) is 5. The quantitative estimate of drug-likeness (QED) is 0.312. The van der Waals surface area contributed by atoms with E-state index < -0.39 is 11.6 Å². The maximum atomic E-state index is 12.8. The maximum Gasteiger partial charge on any atom is 0.339 e. The van der Waals surface area contributed by atoms with Gasteiger partial charge < -0.3 is 14.2 Å². The fourth-order valence-corrected chi connectivity index (χ4v) is 3.26. The number of hydrogen-bond donors (Lipinski definition) is 0. The lowest BCUT2D eigenvalue weighted by Gasteiger charge is -2.23. The number of esters is 1. The summed E-state index contributed by atoms with van der Waals surface area (Å²) in [5, 5.41) is 0. The largest absolute Gasteiger partial charge is 0.496 e. The van der Waals surface area contributed by atoms with Crippen LogP contribution in [0.2, 0.25) is 0 Å². The van der Waals surface area contributed by atoms with Crippen molar-refractivity contribution in [1.82, 2.24) is 0 Å². The van der Waals surface area contributed by atoms with Gasteiger partial charge in [0.15, 0.2) is 5.78 Å². The van der Waals surface area contributed by atoms with Crippen LogP contribution in [0.1, 0.15) is 72.0 Å². The van der Waals surface area contributed by atoms with E-state index in [1.165, 1.54) is 13.2 Å². The molecule has 0 saturated carbocycles. The van der Waals surface area contributed by atoms with E-state index in [2.05, 4.69) is 0 Å². The van der Waals surface area contributed by atoms with Gasteiger partial charge in [-0.2, -0.15) is 0 Å². The Bertz CT molecular complexity index is 994. The zero-order chi connectivity index (χ0) is 23.3. The van der Waals surface area contributed by atoms with E-state index in [1.807, 2.05) is 60.6 Å². The Morgan fingerprint density at radius 3 is 2.29 bits per heavy atom. The van der Waals surface area contributed by atoms with E-state index in [0.29, 0.717) is 28.2 Å². The number of allylic oxidation sites excluding steroid dienone is 1. The van der Waals surface area contributed by atoms with Crippen LogP contribution in [0, 0.1) is 13.8 Å². The summed E-state index contributed by atoms with van der Waals surface area (Å²) in [4.78, 5) is 25.6. The van der Waals surface area contributed by atoms with Crippen LogP contribution in [0.25, 0.3) is 6.08 Å². The first-order chi connectivity index (χ1) is 14.4. The number of carbonyl (C=O) groups is 2. The fraction of sp³-hybridized carbons (Fsp3) is 0.385. The Labute approximate surface area is 185 Å². The van der Waals surface area contributed by atoms with Gasteiger partial charge in [-0.15, -0.1) is 0 Å². The van der Waals surface area contributed by atoms with Gasteiger partial charge >= 0.3 is 5.97 Å². The monoisotopic (exact) mass is 424 g/mol. The van der Waals surface area contributed by atoms with Gasteiger partial charge in [0.25, 0.3) is 0 Å². The first-order valence-corrected chi connectivity index (χ1v) is 10.3. The van der Waals surface area contributed by atoms with Gasteiger partial charge in [0.1, 0.15) is 17.1 Å². The molecule has 5 heteroatoms. The molecule has 0 unspecified atom stereocenters. The van der Waals surface area contributed by atoms with Crippen molar-refractivity contribution in [3.05, 3.63) is 64.2 Å². The Morgan fingerprint density at radius 1 is 1.06 bits per heavy atom. The first kappa shape index (κ1) is 24.2. The second-order valence-corrected chi connectivity index (χ2v) is 8.68. The second-order valence-electron chi connectivity index (χ2n) is 8.68. The predicted octanol–water partition coefficient (Wildman–Crippen LogP) is 5.95. The summed E-state index contributed by atoms with van der Waals surface area (Å²) in [6.45, 7) is 13.0. The van der Waals surface area contributed by atoms with Crippen molar-refractivity contribution in [2.24, 2.45) is 0 Å². The molecule has 0 N–H and O–H groups in total. The molecule has 166 valence electrons. The summed E-state index contributed by atoms with van der Waals surface area (Å²) in [7, 11) is 1.53. The van der Waals surface area contributed by atoms with Gasteiger partial charge in [-0.05, 0) is 84.4 Å². The summed E-state index contributed by atoms with van der Waals surface area (Å²) < 4.78 is 16.9. The molecule has 0 fully saturated rings. The molecular formula is C26H32O5. The first-order valence-electron chi connectivity index (χ1n) is 10.3. The van der Waals surface area contributed by atoms with Crippen molar-refractivity contribution < 1.29 is 23.8 Å². The van der Waals surface area contributed by atoms with E-state index in [9.17, 15) is 9.59 Å². The van der Waals surface area contributed by atoms with E-state index in [0.717, 1.165) is 11.1 Å². The summed E-state index contributed by atoms with van der Waals surface area (Å²) in [6.07, 6.45) is 3.10. The number of methoxy groups -OCH3 is 1. The molecular weight excluding hydrogens is 392 g/mol. The van der Waals surface area contributed by atoms with Gasteiger partial charge in [-0.25, -0.2) is 4.79 Å². The van der Waals surface area contributed by atoms with Crippen molar-refractivity contribution in [3.8, 4) is 11.5 Å². The van der Waals surface area contributed by atoms with Gasteiger partial charge in [0.2, 0.25) is 0 Å². The molecule has 5 nitrogen and oxygen atoms in total. The lowest BCUT2D eigenvalue weighted by Crippen LogP contribution is -2.25. The van der Waals surface area contributed by atoms with Crippen LogP contribution in [0.4, 0.5) is 0 Å². The van der Waals surface area contributed by atoms with Gasteiger partial charge in [0, 0.05) is 11.1 Å². The molecule has 0 aliphatic carbocycles. The third kappa shape index (κ3) is 6.20. The second kappa shape index (κ2) is 9.82. The molecule has 0 aromatic heterocycles. The highest BCUT2D eigenvalue weighted by Crippen LogP contribution is 2.33. The molecule has 2 aromatic rings. The molecule has 2 aromatic carbocycles. The molecule has 0 aliphatic rings. The Kier molecular flexibility index (Phi) is 7.66. The van der Waals surface area contributed by atoms with E-state index in [-0.39, 0.29) is 11.9 Å².